The molecular weight excluding hydrogens is 279 g/mol. The summed E-state index contributed by atoms with van der Waals surface area (Å²) in [6.45, 7) is 1.12. The third-order valence-corrected chi connectivity index (χ3v) is 4.94. The van der Waals surface area contributed by atoms with Crippen LogP contribution in [0.4, 0.5) is 0 Å². The normalized spacial score (nSPS) is 29.2. The summed E-state index contributed by atoms with van der Waals surface area (Å²) in [5.74, 6) is 0. The van der Waals surface area contributed by atoms with E-state index in [1.807, 2.05) is 18.2 Å². The van der Waals surface area contributed by atoms with E-state index in [1.165, 1.54) is 25.7 Å². The van der Waals surface area contributed by atoms with Gasteiger partial charge in [-0.25, -0.2) is 0 Å². The van der Waals surface area contributed by atoms with Crippen LogP contribution in [0.5, 0.6) is 0 Å². The van der Waals surface area contributed by atoms with Gasteiger partial charge in [-0.05, 0) is 44.4 Å². The molecule has 0 spiro atoms. The van der Waals surface area contributed by atoms with E-state index in [9.17, 15) is 0 Å². The standard InChI is InChI=1S/C15H20Cl2N2/c16-11-4-3-5-12(17)14(11)15-13(18)6-1-2-9-19(15)10-7-8-10/h3-5,10,13,15H,1-2,6-9,18H2. The van der Waals surface area contributed by atoms with Crippen molar-refractivity contribution < 1.29 is 0 Å². The highest BCUT2D eigenvalue weighted by Crippen LogP contribution is 2.42. The second kappa shape index (κ2) is 5.61. The largest absolute Gasteiger partial charge is 0.326 e. The maximum Gasteiger partial charge on any atom is 0.0531 e. The van der Waals surface area contributed by atoms with Gasteiger partial charge in [-0.1, -0.05) is 35.7 Å². The summed E-state index contributed by atoms with van der Waals surface area (Å²) in [7, 11) is 0. The summed E-state index contributed by atoms with van der Waals surface area (Å²) in [6, 6.07) is 6.73. The van der Waals surface area contributed by atoms with Crippen LogP contribution in [-0.4, -0.2) is 23.5 Å². The summed E-state index contributed by atoms with van der Waals surface area (Å²) < 4.78 is 0. The van der Waals surface area contributed by atoms with Crippen molar-refractivity contribution in [3.05, 3.63) is 33.8 Å². The highest BCUT2D eigenvalue weighted by Gasteiger charge is 2.39. The molecule has 2 N–H and O–H groups in total. The lowest BCUT2D eigenvalue weighted by Crippen LogP contribution is -2.41. The number of hydrogen-bond acceptors (Lipinski definition) is 2. The van der Waals surface area contributed by atoms with Gasteiger partial charge in [0.05, 0.1) is 6.04 Å². The molecule has 1 saturated heterocycles. The lowest BCUT2D eigenvalue weighted by Gasteiger charge is -2.35. The zero-order chi connectivity index (χ0) is 13.4. The molecule has 1 aliphatic carbocycles. The van der Waals surface area contributed by atoms with Gasteiger partial charge >= 0.3 is 0 Å². The first-order chi connectivity index (χ1) is 9.18. The fraction of sp³-hybridized carbons (Fsp3) is 0.600. The molecule has 1 aromatic carbocycles. The lowest BCUT2D eigenvalue weighted by atomic mass is 9.96. The first-order valence-corrected chi connectivity index (χ1v) is 7.89. The fourth-order valence-corrected chi connectivity index (χ4v) is 3.83. The van der Waals surface area contributed by atoms with Gasteiger partial charge in [-0.3, -0.25) is 4.90 Å². The number of rotatable bonds is 2. The van der Waals surface area contributed by atoms with Crippen molar-refractivity contribution >= 4 is 23.2 Å². The van der Waals surface area contributed by atoms with Crippen molar-refractivity contribution in [2.45, 2.75) is 50.2 Å². The summed E-state index contributed by atoms with van der Waals surface area (Å²) in [5, 5.41) is 1.50. The van der Waals surface area contributed by atoms with Crippen LogP contribution in [-0.2, 0) is 0 Å². The first kappa shape index (κ1) is 13.7. The molecule has 104 valence electrons. The van der Waals surface area contributed by atoms with Gasteiger partial charge in [0.2, 0.25) is 0 Å². The minimum absolute atomic E-state index is 0.125. The number of halogens is 2. The molecule has 0 aromatic heterocycles. The molecule has 1 heterocycles. The predicted molar refractivity (Wildman–Crippen MR) is 80.8 cm³/mol. The maximum absolute atomic E-state index is 6.45. The van der Waals surface area contributed by atoms with E-state index in [0.717, 1.165) is 28.6 Å². The summed E-state index contributed by atoms with van der Waals surface area (Å²) in [5.41, 5.74) is 7.48. The number of nitrogens with two attached hydrogens (primary N) is 1. The third kappa shape index (κ3) is 2.78. The van der Waals surface area contributed by atoms with Crippen LogP contribution >= 0.6 is 23.2 Å². The molecule has 2 unspecified atom stereocenters. The van der Waals surface area contributed by atoms with E-state index in [4.69, 9.17) is 28.9 Å². The Balaban J connectivity index is 2.01. The van der Waals surface area contributed by atoms with E-state index in [-0.39, 0.29) is 12.1 Å². The molecule has 2 nitrogen and oxygen atoms in total. The smallest absolute Gasteiger partial charge is 0.0531 e. The van der Waals surface area contributed by atoms with Gasteiger partial charge in [-0.15, -0.1) is 0 Å². The number of benzene rings is 1. The van der Waals surface area contributed by atoms with Crippen molar-refractivity contribution in [2.75, 3.05) is 6.54 Å². The summed E-state index contributed by atoms with van der Waals surface area (Å²) >= 11 is 12.8. The molecule has 1 aliphatic heterocycles. The van der Waals surface area contributed by atoms with Crippen LogP contribution in [0.2, 0.25) is 10.0 Å². The van der Waals surface area contributed by atoms with Gasteiger partial charge in [-0.2, -0.15) is 0 Å². The zero-order valence-electron chi connectivity index (χ0n) is 11.0. The second-order valence-electron chi connectivity index (χ2n) is 5.71. The van der Waals surface area contributed by atoms with Crippen molar-refractivity contribution in [3.8, 4) is 0 Å². The molecule has 1 saturated carbocycles. The van der Waals surface area contributed by atoms with Gasteiger partial charge in [0.1, 0.15) is 0 Å². The third-order valence-electron chi connectivity index (χ3n) is 4.28. The molecule has 1 aromatic rings. The average Bonchev–Trinajstić information content (AvgIpc) is 3.18. The minimum Gasteiger partial charge on any atom is -0.326 e. The molecule has 2 aliphatic rings. The molecule has 2 fully saturated rings. The molecule has 0 radical (unpaired) electrons. The SMILES string of the molecule is NC1CCCCN(C2CC2)C1c1c(Cl)cccc1Cl. The van der Waals surface area contributed by atoms with Crippen molar-refractivity contribution in [2.24, 2.45) is 5.73 Å². The second-order valence-corrected chi connectivity index (χ2v) is 6.52. The number of hydrogen-bond donors (Lipinski definition) is 1. The lowest BCUT2D eigenvalue weighted by molar-refractivity contribution is 0.176. The average molecular weight is 299 g/mol. The van der Waals surface area contributed by atoms with Crippen LogP contribution in [0.15, 0.2) is 18.2 Å². The van der Waals surface area contributed by atoms with Gasteiger partial charge in [0.25, 0.3) is 0 Å². The maximum atomic E-state index is 6.45. The molecule has 4 heteroatoms. The number of nitrogens with zero attached hydrogens (tertiary/aromatic N) is 1. The Kier molecular flexibility index (Phi) is 4.04. The Hall–Kier alpha value is -0.280. The molecule has 19 heavy (non-hydrogen) atoms. The molecule has 2 atom stereocenters. The van der Waals surface area contributed by atoms with E-state index >= 15 is 0 Å². The molecular formula is C15H20Cl2N2. The zero-order valence-corrected chi connectivity index (χ0v) is 12.5. The predicted octanol–water partition coefficient (Wildman–Crippen LogP) is 4.01. The van der Waals surface area contributed by atoms with Crippen LogP contribution in [0, 0.1) is 0 Å². The van der Waals surface area contributed by atoms with Crippen LogP contribution in [0.1, 0.15) is 43.7 Å². The van der Waals surface area contributed by atoms with Gasteiger partial charge < -0.3 is 5.73 Å². The highest BCUT2D eigenvalue weighted by molar-refractivity contribution is 6.36. The summed E-state index contributed by atoms with van der Waals surface area (Å²) in [6.07, 6.45) is 6.04. The van der Waals surface area contributed by atoms with E-state index < -0.39 is 0 Å². The van der Waals surface area contributed by atoms with E-state index in [2.05, 4.69) is 4.90 Å². The first-order valence-electron chi connectivity index (χ1n) is 7.13. The fourth-order valence-electron chi connectivity index (χ4n) is 3.21. The molecule has 0 amide bonds. The Morgan fingerprint density at radius 1 is 1.05 bits per heavy atom. The molecule has 0 bridgehead atoms. The van der Waals surface area contributed by atoms with Crippen molar-refractivity contribution in [1.29, 1.82) is 0 Å². The van der Waals surface area contributed by atoms with Crippen LogP contribution in [0.3, 0.4) is 0 Å². The molecule has 3 rings (SSSR count). The quantitative estimate of drug-likeness (QED) is 0.894. The number of likely N-dealkylation sites (tertiary alicyclic amines) is 1. The van der Waals surface area contributed by atoms with Crippen molar-refractivity contribution in [1.82, 2.24) is 4.90 Å². The highest BCUT2D eigenvalue weighted by atomic mass is 35.5. The van der Waals surface area contributed by atoms with Gasteiger partial charge in [0.15, 0.2) is 0 Å². The van der Waals surface area contributed by atoms with Gasteiger partial charge in [0, 0.05) is 27.7 Å². The van der Waals surface area contributed by atoms with Crippen molar-refractivity contribution in [3.63, 3.8) is 0 Å². The van der Waals surface area contributed by atoms with E-state index in [0.29, 0.717) is 6.04 Å². The topological polar surface area (TPSA) is 29.3 Å². The Labute approximate surface area is 124 Å². The van der Waals surface area contributed by atoms with Crippen LogP contribution < -0.4 is 5.73 Å². The van der Waals surface area contributed by atoms with Crippen LogP contribution in [0.25, 0.3) is 0 Å². The monoisotopic (exact) mass is 298 g/mol. The Morgan fingerprint density at radius 3 is 2.37 bits per heavy atom. The minimum atomic E-state index is 0.125. The summed E-state index contributed by atoms with van der Waals surface area (Å²) in [4.78, 5) is 2.55. The van der Waals surface area contributed by atoms with E-state index in [1.54, 1.807) is 0 Å². The Bertz CT molecular complexity index is 439. The Morgan fingerprint density at radius 2 is 1.74 bits per heavy atom.